The van der Waals surface area contributed by atoms with E-state index >= 15 is 0 Å². The summed E-state index contributed by atoms with van der Waals surface area (Å²) in [7, 11) is 1.69. The van der Waals surface area contributed by atoms with Gasteiger partial charge in [0, 0.05) is 32.1 Å². The molecule has 0 aliphatic carbocycles. The molecule has 7 heteroatoms. The van der Waals surface area contributed by atoms with Crippen molar-refractivity contribution in [1.82, 2.24) is 25.4 Å². The molecule has 2 heterocycles. The molecule has 1 aromatic carbocycles. The van der Waals surface area contributed by atoms with Crippen molar-refractivity contribution in [2.75, 3.05) is 7.05 Å². The maximum Gasteiger partial charge on any atom is 0.191 e. The minimum atomic E-state index is -0.220. The molecule has 0 unspecified atom stereocenters. The zero-order valence-electron chi connectivity index (χ0n) is 13.2. The maximum absolute atomic E-state index is 13.6. The van der Waals surface area contributed by atoms with Gasteiger partial charge in [-0.15, -0.1) is 10.2 Å². The highest BCUT2D eigenvalue weighted by molar-refractivity contribution is 5.79. The molecule has 1 aliphatic heterocycles. The molecular weight excluding hydrogens is 295 g/mol. The van der Waals surface area contributed by atoms with Gasteiger partial charge in [0.05, 0.1) is 6.54 Å². The van der Waals surface area contributed by atoms with Crippen molar-refractivity contribution in [2.45, 2.75) is 38.9 Å². The van der Waals surface area contributed by atoms with Crippen molar-refractivity contribution in [3.8, 4) is 0 Å². The Hall–Kier alpha value is -2.44. The van der Waals surface area contributed by atoms with E-state index in [1.165, 1.54) is 12.5 Å². The second kappa shape index (κ2) is 7.21. The molecule has 2 N–H and O–H groups in total. The highest BCUT2D eigenvalue weighted by Crippen LogP contribution is 2.13. The zero-order chi connectivity index (χ0) is 16.1. The monoisotopic (exact) mass is 316 g/mol. The summed E-state index contributed by atoms with van der Waals surface area (Å²) in [6, 6.07) is 6.71. The summed E-state index contributed by atoms with van der Waals surface area (Å²) in [6.45, 7) is 1.90. The molecule has 0 atom stereocenters. The van der Waals surface area contributed by atoms with Gasteiger partial charge in [-0.2, -0.15) is 0 Å². The topological polar surface area (TPSA) is 67.1 Å². The van der Waals surface area contributed by atoms with Crippen LogP contribution in [0.1, 0.15) is 30.1 Å². The van der Waals surface area contributed by atoms with Crippen LogP contribution >= 0.6 is 0 Å². The second-order valence-corrected chi connectivity index (χ2v) is 5.51. The van der Waals surface area contributed by atoms with E-state index in [4.69, 9.17) is 0 Å². The molecule has 0 saturated heterocycles. The van der Waals surface area contributed by atoms with Crippen LogP contribution in [0.3, 0.4) is 0 Å². The molecule has 3 rings (SSSR count). The van der Waals surface area contributed by atoms with Crippen molar-refractivity contribution in [2.24, 2.45) is 4.99 Å². The number of hydrogen-bond donors (Lipinski definition) is 2. The lowest BCUT2D eigenvalue weighted by molar-refractivity contribution is 0.504. The van der Waals surface area contributed by atoms with Gasteiger partial charge in [0.15, 0.2) is 11.8 Å². The van der Waals surface area contributed by atoms with E-state index in [9.17, 15) is 4.39 Å². The number of guanidine groups is 1. The van der Waals surface area contributed by atoms with Gasteiger partial charge in [0.1, 0.15) is 11.6 Å². The fourth-order valence-electron chi connectivity index (χ4n) is 2.70. The Kier molecular flexibility index (Phi) is 4.85. The lowest BCUT2D eigenvalue weighted by Gasteiger charge is -2.16. The first-order valence-corrected chi connectivity index (χ1v) is 7.87. The number of hydrogen-bond acceptors (Lipinski definition) is 3. The van der Waals surface area contributed by atoms with Crippen molar-refractivity contribution in [1.29, 1.82) is 0 Å². The lowest BCUT2D eigenvalue weighted by atomic mass is 10.2. The number of aliphatic imine (C=N–C) groups is 1. The summed E-state index contributed by atoms with van der Waals surface area (Å²) in [4.78, 5) is 4.16. The Labute approximate surface area is 134 Å². The average Bonchev–Trinajstić information content (AvgIpc) is 3.00. The Morgan fingerprint density at radius 3 is 2.87 bits per heavy atom. The SMILES string of the molecule is CN=C(NCc1ccccc1F)NCc1nnc2n1CCCC2. The maximum atomic E-state index is 13.6. The summed E-state index contributed by atoms with van der Waals surface area (Å²) in [5.41, 5.74) is 0.607. The molecule has 0 bridgehead atoms. The third-order valence-corrected chi connectivity index (χ3v) is 3.98. The largest absolute Gasteiger partial charge is 0.352 e. The first-order chi connectivity index (χ1) is 11.3. The first-order valence-electron chi connectivity index (χ1n) is 7.87. The quantitative estimate of drug-likeness (QED) is 0.664. The number of nitrogens with one attached hydrogen (secondary N) is 2. The van der Waals surface area contributed by atoms with Crippen LogP contribution < -0.4 is 10.6 Å². The zero-order valence-corrected chi connectivity index (χ0v) is 13.2. The number of aryl methyl sites for hydroxylation is 1. The Morgan fingerprint density at radius 2 is 2.04 bits per heavy atom. The Morgan fingerprint density at radius 1 is 1.22 bits per heavy atom. The minimum Gasteiger partial charge on any atom is -0.352 e. The highest BCUT2D eigenvalue weighted by Gasteiger charge is 2.15. The van der Waals surface area contributed by atoms with E-state index in [1.807, 2.05) is 6.07 Å². The number of rotatable bonds is 4. The Balaban J connectivity index is 1.56. The molecular formula is C16H21FN6. The van der Waals surface area contributed by atoms with Crippen LogP contribution in [0.2, 0.25) is 0 Å². The van der Waals surface area contributed by atoms with E-state index in [-0.39, 0.29) is 5.82 Å². The number of benzene rings is 1. The minimum absolute atomic E-state index is 0.220. The molecule has 0 radical (unpaired) electrons. The normalized spacial score (nSPS) is 14.4. The van der Waals surface area contributed by atoms with Gasteiger partial charge in [0.2, 0.25) is 0 Å². The number of halogens is 1. The van der Waals surface area contributed by atoms with Gasteiger partial charge >= 0.3 is 0 Å². The van der Waals surface area contributed by atoms with Gasteiger partial charge < -0.3 is 15.2 Å². The van der Waals surface area contributed by atoms with Crippen LogP contribution in [-0.2, 0) is 26.1 Å². The molecule has 0 fully saturated rings. The van der Waals surface area contributed by atoms with Gasteiger partial charge in [-0.3, -0.25) is 4.99 Å². The van der Waals surface area contributed by atoms with E-state index in [0.29, 0.717) is 24.6 Å². The van der Waals surface area contributed by atoms with Crippen LogP contribution in [-0.4, -0.2) is 27.8 Å². The average molecular weight is 316 g/mol. The summed E-state index contributed by atoms with van der Waals surface area (Å²) < 4.78 is 15.8. The van der Waals surface area contributed by atoms with Crippen LogP contribution in [0.5, 0.6) is 0 Å². The van der Waals surface area contributed by atoms with E-state index < -0.39 is 0 Å². The summed E-state index contributed by atoms with van der Waals surface area (Å²) in [6.07, 6.45) is 3.34. The van der Waals surface area contributed by atoms with Gasteiger partial charge in [-0.05, 0) is 18.9 Å². The van der Waals surface area contributed by atoms with Gasteiger partial charge in [-0.25, -0.2) is 4.39 Å². The standard InChI is InChI=1S/C16H21FN6/c1-18-16(19-10-12-6-2-3-7-13(12)17)20-11-15-22-21-14-8-4-5-9-23(14)15/h2-3,6-7H,4-5,8-11H2,1H3,(H2,18,19,20). The van der Waals surface area contributed by atoms with Crippen molar-refractivity contribution < 1.29 is 4.39 Å². The van der Waals surface area contributed by atoms with Gasteiger partial charge in [0.25, 0.3) is 0 Å². The molecule has 0 spiro atoms. The number of fused-ring (bicyclic) bond motifs is 1. The van der Waals surface area contributed by atoms with E-state index in [1.54, 1.807) is 19.2 Å². The number of nitrogens with zero attached hydrogens (tertiary/aromatic N) is 4. The first kappa shape index (κ1) is 15.5. The Bertz CT molecular complexity index is 694. The summed E-state index contributed by atoms with van der Waals surface area (Å²) in [5.74, 6) is 2.36. The third-order valence-electron chi connectivity index (χ3n) is 3.98. The molecule has 122 valence electrons. The third kappa shape index (κ3) is 3.67. The fourth-order valence-corrected chi connectivity index (χ4v) is 2.70. The predicted molar refractivity (Wildman–Crippen MR) is 86.4 cm³/mol. The van der Waals surface area contributed by atoms with Gasteiger partial charge in [-0.1, -0.05) is 18.2 Å². The molecule has 0 saturated carbocycles. The van der Waals surface area contributed by atoms with Crippen LogP contribution in [0, 0.1) is 5.82 Å². The molecule has 23 heavy (non-hydrogen) atoms. The molecule has 1 aliphatic rings. The van der Waals surface area contributed by atoms with Crippen LogP contribution in [0.15, 0.2) is 29.3 Å². The van der Waals surface area contributed by atoms with E-state index in [0.717, 1.165) is 31.0 Å². The summed E-state index contributed by atoms with van der Waals surface area (Å²) in [5, 5.41) is 14.8. The van der Waals surface area contributed by atoms with Crippen LogP contribution in [0.25, 0.3) is 0 Å². The lowest BCUT2D eigenvalue weighted by Crippen LogP contribution is -2.37. The second-order valence-electron chi connectivity index (χ2n) is 5.51. The molecule has 6 nitrogen and oxygen atoms in total. The van der Waals surface area contributed by atoms with E-state index in [2.05, 4.69) is 30.4 Å². The van der Waals surface area contributed by atoms with Crippen LogP contribution in [0.4, 0.5) is 4.39 Å². The highest BCUT2D eigenvalue weighted by atomic mass is 19.1. The smallest absolute Gasteiger partial charge is 0.191 e. The molecule has 2 aromatic rings. The fraction of sp³-hybridized carbons (Fsp3) is 0.438. The van der Waals surface area contributed by atoms with Crippen molar-refractivity contribution in [3.63, 3.8) is 0 Å². The van der Waals surface area contributed by atoms with Crippen molar-refractivity contribution in [3.05, 3.63) is 47.3 Å². The molecule has 0 amide bonds. The predicted octanol–water partition coefficient (Wildman–Crippen LogP) is 1.62. The summed E-state index contributed by atoms with van der Waals surface area (Å²) >= 11 is 0. The molecule has 1 aromatic heterocycles. The van der Waals surface area contributed by atoms with Crippen molar-refractivity contribution >= 4 is 5.96 Å². The number of aromatic nitrogens is 3.